The van der Waals surface area contributed by atoms with Crippen molar-refractivity contribution in [2.75, 3.05) is 26.9 Å². The average Bonchev–Trinajstić information content (AvgIpc) is 2.93. The van der Waals surface area contributed by atoms with Crippen LogP contribution in [-0.4, -0.2) is 62.6 Å². The Balaban J connectivity index is 1.70. The number of allylic oxidation sites excluding steroid dienone is 1. The van der Waals surface area contributed by atoms with E-state index in [1.54, 1.807) is 31.2 Å². The van der Waals surface area contributed by atoms with Crippen molar-refractivity contribution in [2.45, 2.75) is 53.0 Å². The lowest BCUT2D eigenvalue weighted by Crippen LogP contribution is -2.45. The summed E-state index contributed by atoms with van der Waals surface area (Å²) in [5.41, 5.74) is 4.60. The Morgan fingerprint density at radius 1 is 1.12 bits per heavy atom. The van der Waals surface area contributed by atoms with Crippen molar-refractivity contribution in [1.29, 1.82) is 0 Å². The lowest BCUT2D eigenvalue weighted by atomic mass is 9.95. The smallest absolute Gasteiger partial charge is 0.337 e. The van der Waals surface area contributed by atoms with Gasteiger partial charge in [0.05, 0.1) is 48.7 Å². The molecule has 0 bridgehead atoms. The van der Waals surface area contributed by atoms with Gasteiger partial charge in [0.25, 0.3) is 0 Å². The second-order valence-corrected chi connectivity index (χ2v) is 10.2. The quantitative estimate of drug-likeness (QED) is 0.103. The molecule has 0 unspecified atom stereocenters. The largest absolute Gasteiger partial charge is 0.490 e. The fourth-order valence-corrected chi connectivity index (χ4v) is 4.65. The van der Waals surface area contributed by atoms with Crippen molar-refractivity contribution in [3.8, 4) is 23.0 Å². The standard InChI is InChI=1S/C29H37BrN4O8/c1-7-39-22-13-19(26-25(28(36)38-6)17(5)32-29(37)33-26)9-10-21(22)41-15-24(35)34-31-14-18-11-20(30)27(42-16(3)4)23(12-18)40-8-2/h9-14,16,24,26,34-35H,7-8,15H2,1-6H3,(H2,32,33,37)/b31-14+/t24-,26+/m0/s1. The van der Waals surface area contributed by atoms with Crippen molar-refractivity contribution < 1.29 is 38.4 Å². The van der Waals surface area contributed by atoms with E-state index in [2.05, 4.69) is 37.1 Å². The first-order chi connectivity index (χ1) is 20.1. The van der Waals surface area contributed by atoms with E-state index >= 15 is 0 Å². The van der Waals surface area contributed by atoms with Crippen molar-refractivity contribution in [3.63, 3.8) is 0 Å². The number of carbonyl (C=O) groups excluding carboxylic acids is 2. The van der Waals surface area contributed by atoms with Crippen LogP contribution in [0.1, 0.15) is 51.8 Å². The minimum atomic E-state index is -1.14. The van der Waals surface area contributed by atoms with Gasteiger partial charge in [-0.3, -0.25) is 5.43 Å². The van der Waals surface area contributed by atoms with E-state index < -0.39 is 24.3 Å². The molecule has 12 nitrogen and oxygen atoms in total. The van der Waals surface area contributed by atoms with Crippen molar-refractivity contribution in [3.05, 3.63) is 57.2 Å². The summed E-state index contributed by atoms with van der Waals surface area (Å²) < 4.78 is 28.7. The number of methoxy groups -OCH3 is 1. The SMILES string of the molecule is CCOc1cc([C@H]2NC(=O)NC(C)=C2C(=O)OC)ccc1OC[C@H](O)N/N=C/c1cc(Br)c(OC(C)C)c(OCC)c1. The first-order valence-corrected chi connectivity index (χ1v) is 14.2. The molecule has 0 aliphatic carbocycles. The van der Waals surface area contributed by atoms with Gasteiger partial charge in [0.1, 0.15) is 6.61 Å². The molecule has 13 heteroatoms. The monoisotopic (exact) mass is 648 g/mol. The third-order valence-electron chi connectivity index (χ3n) is 5.79. The number of hydrazone groups is 1. The molecule has 0 saturated heterocycles. The summed E-state index contributed by atoms with van der Waals surface area (Å²) in [5.74, 6) is 1.34. The Kier molecular flexibility index (Phi) is 11.9. The van der Waals surface area contributed by atoms with Crippen LogP contribution in [0.25, 0.3) is 0 Å². The van der Waals surface area contributed by atoms with E-state index in [1.165, 1.54) is 13.3 Å². The maximum atomic E-state index is 12.4. The molecule has 0 saturated carbocycles. The molecule has 2 atom stereocenters. The predicted octanol–water partition coefficient (Wildman–Crippen LogP) is 4.16. The summed E-state index contributed by atoms with van der Waals surface area (Å²) in [4.78, 5) is 24.6. The summed E-state index contributed by atoms with van der Waals surface area (Å²) in [6.45, 7) is 9.85. The molecule has 2 aromatic rings. The maximum Gasteiger partial charge on any atom is 0.337 e. The predicted molar refractivity (Wildman–Crippen MR) is 160 cm³/mol. The highest BCUT2D eigenvalue weighted by Gasteiger charge is 2.32. The second kappa shape index (κ2) is 15.3. The minimum absolute atomic E-state index is 0.0277. The Hall–Kier alpha value is -3.97. The van der Waals surface area contributed by atoms with Gasteiger partial charge in [-0.1, -0.05) is 6.07 Å². The molecule has 1 aliphatic heterocycles. The molecule has 2 aromatic carbocycles. The van der Waals surface area contributed by atoms with E-state index in [0.717, 1.165) is 5.56 Å². The number of aliphatic hydroxyl groups excluding tert-OH is 1. The Labute approximate surface area is 253 Å². The van der Waals surface area contributed by atoms with Crippen LogP contribution in [0.4, 0.5) is 4.79 Å². The van der Waals surface area contributed by atoms with Crippen LogP contribution < -0.4 is 35.0 Å². The van der Waals surface area contributed by atoms with Crippen molar-refractivity contribution >= 4 is 34.1 Å². The van der Waals surface area contributed by atoms with Crippen LogP contribution in [0.3, 0.4) is 0 Å². The molecule has 42 heavy (non-hydrogen) atoms. The van der Waals surface area contributed by atoms with Crippen LogP contribution in [0.5, 0.6) is 23.0 Å². The number of carbonyl (C=O) groups is 2. The van der Waals surface area contributed by atoms with Gasteiger partial charge in [-0.05, 0) is 85.9 Å². The molecule has 228 valence electrons. The van der Waals surface area contributed by atoms with E-state index in [0.29, 0.717) is 51.9 Å². The van der Waals surface area contributed by atoms with Gasteiger partial charge in [0.15, 0.2) is 29.2 Å². The summed E-state index contributed by atoms with van der Waals surface area (Å²) in [6.07, 6.45) is 0.367. The number of nitrogens with one attached hydrogen (secondary N) is 3. The molecule has 4 N–H and O–H groups in total. The Morgan fingerprint density at radius 3 is 2.50 bits per heavy atom. The van der Waals surface area contributed by atoms with Gasteiger partial charge in [-0.25, -0.2) is 9.59 Å². The molecule has 3 rings (SSSR count). The Bertz CT molecular complexity index is 1330. The molecular weight excluding hydrogens is 612 g/mol. The number of ether oxygens (including phenoxy) is 5. The van der Waals surface area contributed by atoms with Crippen LogP contribution in [0.2, 0.25) is 0 Å². The number of hydrogen-bond acceptors (Lipinski definition) is 10. The number of urea groups is 1. The van der Waals surface area contributed by atoms with E-state index in [9.17, 15) is 14.7 Å². The highest BCUT2D eigenvalue weighted by molar-refractivity contribution is 9.10. The lowest BCUT2D eigenvalue weighted by molar-refractivity contribution is -0.136. The highest BCUT2D eigenvalue weighted by Crippen LogP contribution is 2.37. The topological polar surface area (TPSA) is 149 Å². The number of amides is 2. The summed E-state index contributed by atoms with van der Waals surface area (Å²) in [7, 11) is 1.28. The zero-order valence-corrected chi connectivity index (χ0v) is 26.0. The third kappa shape index (κ3) is 8.52. The van der Waals surface area contributed by atoms with Crippen LogP contribution >= 0.6 is 15.9 Å². The minimum Gasteiger partial charge on any atom is -0.490 e. The van der Waals surface area contributed by atoms with Crippen LogP contribution in [0.15, 0.2) is 51.2 Å². The van der Waals surface area contributed by atoms with E-state index in [-0.39, 0.29) is 18.3 Å². The van der Waals surface area contributed by atoms with Crippen LogP contribution in [-0.2, 0) is 9.53 Å². The lowest BCUT2D eigenvalue weighted by Gasteiger charge is -2.28. The van der Waals surface area contributed by atoms with Crippen LogP contribution in [0, 0.1) is 0 Å². The fraction of sp³-hybridized carbons (Fsp3) is 0.414. The summed E-state index contributed by atoms with van der Waals surface area (Å²) in [5, 5.41) is 19.9. The van der Waals surface area contributed by atoms with Gasteiger partial charge in [-0.15, -0.1) is 0 Å². The number of benzene rings is 2. The average molecular weight is 650 g/mol. The molecule has 1 heterocycles. The van der Waals surface area contributed by atoms with Gasteiger partial charge in [-0.2, -0.15) is 5.10 Å². The van der Waals surface area contributed by atoms with E-state index in [1.807, 2.05) is 33.8 Å². The second-order valence-electron chi connectivity index (χ2n) is 9.34. The first kappa shape index (κ1) is 32.5. The van der Waals surface area contributed by atoms with Gasteiger partial charge in [0.2, 0.25) is 0 Å². The first-order valence-electron chi connectivity index (χ1n) is 13.4. The number of rotatable bonds is 14. The number of nitrogens with zero attached hydrogens (tertiary/aromatic N) is 1. The van der Waals surface area contributed by atoms with Gasteiger partial charge < -0.3 is 39.4 Å². The number of hydrogen-bond donors (Lipinski definition) is 4. The molecule has 1 aliphatic rings. The molecule has 0 spiro atoms. The molecule has 0 aromatic heterocycles. The fourth-order valence-electron chi connectivity index (χ4n) is 4.10. The Morgan fingerprint density at radius 2 is 1.83 bits per heavy atom. The molecular formula is C29H37BrN4O8. The molecule has 0 fully saturated rings. The van der Waals surface area contributed by atoms with Gasteiger partial charge in [0, 0.05) is 5.70 Å². The highest BCUT2D eigenvalue weighted by atomic mass is 79.9. The number of esters is 1. The number of aliphatic hydroxyl groups is 1. The maximum absolute atomic E-state index is 12.4. The third-order valence-corrected chi connectivity index (χ3v) is 6.38. The summed E-state index contributed by atoms with van der Waals surface area (Å²) >= 11 is 3.52. The molecule has 2 amide bonds. The zero-order valence-electron chi connectivity index (χ0n) is 24.4. The van der Waals surface area contributed by atoms with Crippen molar-refractivity contribution in [1.82, 2.24) is 16.1 Å². The summed E-state index contributed by atoms with van der Waals surface area (Å²) in [6, 6.07) is 7.43. The van der Waals surface area contributed by atoms with E-state index in [4.69, 9.17) is 23.7 Å². The normalized spacial score (nSPS) is 15.6. The van der Waals surface area contributed by atoms with Gasteiger partial charge >= 0.3 is 12.0 Å². The zero-order chi connectivity index (χ0) is 30.8. The van der Waals surface area contributed by atoms with Crippen molar-refractivity contribution in [2.24, 2.45) is 5.10 Å². The number of halogens is 1. The molecule has 0 radical (unpaired) electrons.